The molecule has 1 aromatic rings. The molecule has 0 radical (unpaired) electrons. The quantitative estimate of drug-likeness (QED) is 0.609. The van der Waals surface area contributed by atoms with Gasteiger partial charge >= 0.3 is 0 Å². The van der Waals surface area contributed by atoms with Crippen molar-refractivity contribution in [1.82, 2.24) is 4.90 Å². The van der Waals surface area contributed by atoms with Crippen molar-refractivity contribution in [3.8, 4) is 0 Å². The lowest BCUT2D eigenvalue weighted by molar-refractivity contribution is -0.114. The molecule has 0 unspecified atom stereocenters. The fraction of sp³-hybridized carbons (Fsp3) is 0.250. The Morgan fingerprint density at radius 1 is 1.31 bits per heavy atom. The molecule has 0 saturated heterocycles. The molecule has 3 rings (SSSR count). The molecule has 2 aliphatic rings. The van der Waals surface area contributed by atoms with Gasteiger partial charge in [0.15, 0.2) is 0 Å². The second-order valence-corrected chi connectivity index (χ2v) is 9.23. The Kier molecular flexibility index (Phi) is 5.05. The number of hydrogen-bond donors (Lipinski definition) is 1. The third-order valence-electron chi connectivity index (χ3n) is 3.51. The van der Waals surface area contributed by atoms with Crippen LogP contribution in [0.5, 0.6) is 0 Å². The van der Waals surface area contributed by atoms with Crippen LogP contribution in [0.4, 0.5) is 0 Å². The van der Waals surface area contributed by atoms with E-state index in [2.05, 4.69) is 9.39 Å². The lowest BCUT2D eigenvalue weighted by Gasteiger charge is -2.24. The number of nitrogens with one attached hydrogen (secondary N) is 1. The lowest BCUT2D eigenvalue weighted by Crippen LogP contribution is -2.46. The number of halogens is 1. The van der Waals surface area contributed by atoms with Gasteiger partial charge in [-0.2, -0.15) is 9.39 Å². The summed E-state index contributed by atoms with van der Waals surface area (Å²) < 4.78 is 29.1. The van der Waals surface area contributed by atoms with E-state index in [0.29, 0.717) is 10.6 Å². The standard InChI is InChI=1S/C16H15ClN4O3S2/c1-9(2)8-26(23,24)16-20-25-15-19-14(22)12(13(18)21(15)16)7-10-3-5-11(17)6-4-10/h3-7,9,18H,8H2,1-2H3/b12-7-,18-13?. The summed E-state index contributed by atoms with van der Waals surface area (Å²) in [5, 5.41) is 8.73. The first-order valence-corrected chi connectivity index (χ1v) is 10.5. The Bertz CT molecular complexity index is 979. The average Bonchev–Trinajstić information content (AvgIpc) is 2.97. The highest BCUT2D eigenvalue weighted by atomic mass is 35.5. The number of carbonyl (C=O) groups excluding carboxylic acids is 1. The molecule has 0 bridgehead atoms. The largest absolute Gasteiger partial charge is 0.283 e. The first kappa shape index (κ1) is 18.8. The number of amides is 1. The molecule has 136 valence electrons. The number of fused-ring (bicyclic) bond motifs is 1. The van der Waals surface area contributed by atoms with Crippen LogP contribution in [-0.2, 0) is 14.6 Å². The molecular weight excluding hydrogens is 396 g/mol. The highest BCUT2D eigenvalue weighted by Gasteiger charge is 2.42. The van der Waals surface area contributed by atoms with Crippen molar-refractivity contribution >= 4 is 61.5 Å². The van der Waals surface area contributed by atoms with E-state index in [1.54, 1.807) is 38.1 Å². The number of rotatable bonds is 3. The normalized spacial score (nSPS) is 19.1. The lowest BCUT2D eigenvalue weighted by atomic mass is 10.1. The minimum Gasteiger partial charge on any atom is -0.283 e. The molecule has 0 saturated carbocycles. The zero-order valence-electron chi connectivity index (χ0n) is 13.9. The molecule has 0 spiro atoms. The number of benzene rings is 1. The highest BCUT2D eigenvalue weighted by Crippen LogP contribution is 2.30. The summed E-state index contributed by atoms with van der Waals surface area (Å²) in [7, 11) is -3.70. The molecule has 2 aliphatic heterocycles. The van der Waals surface area contributed by atoms with Gasteiger partial charge in [0.2, 0.25) is 20.2 Å². The van der Waals surface area contributed by atoms with Crippen LogP contribution >= 0.6 is 23.5 Å². The monoisotopic (exact) mass is 410 g/mol. The van der Waals surface area contributed by atoms with E-state index in [-0.39, 0.29) is 33.4 Å². The van der Waals surface area contributed by atoms with Crippen molar-refractivity contribution < 1.29 is 13.2 Å². The van der Waals surface area contributed by atoms with Gasteiger partial charge in [-0.05, 0) is 29.7 Å². The summed E-state index contributed by atoms with van der Waals surface area (Å²) in [6, 6.07) is 6.70. The Morgan fingerprint density at radius 2 is 1.96 bits per heavy atom. The molecule has 7 nitrogen and oxygen atoms in total. The van der Waals surface area contributed by atoms with E-state index in [9.17, 15) is 13.2 Å². The average molecular weight is 411 g/mol. The molecule has 0 aliphatic carbocycles. The van der Waals surface area contributed by atoms with Crippen LogP contribution in [0.2, 0.25) is 5.02 Å². The fourth-order valence-electron chi connectivity index (χ4n) is 2.44. The van der Waals surface area contributed by atoms with Gasteiger partial charge in [0, 0.05) is 5.02 Å². The first-order valence-electron chi connectivity index (χ1n) is 7.66. The molecule has 10 heteroatoms. The third kappa shape index (κ3) is 3.60. The summed E-state index contributed by atoms with van der Waals surface area (Å²) in [6.45, 7) is 3.57. The van der Waals surface area contributed by atoms with Crippen LogP contribution in [-0.4, -0.2) is 41.1 Å². The van der Waals surface area contributed by atoms with Gasteiger partial charge in [0.05, 0.1) is 23.3 Å². The van der Waals surface area contributed by atoms with Crippen molar-refractivity contribution in [2.45, 2.75) is 13.8 Å². The van der Waals surface area contributed by atoms with Gasteiger partial charge in [0.1, 0.15) is 5.84 Å². The molecular formula is C16H15ClN4O3S2. The molecule has 26 heavy (non-hydrogen) atoms. The van der Waals surface area contributed by atoms with E-state index in [1.165, 1.54) is 6.08 Å². The predicted molar refractivity (Wildman–Crippen MR) is 105 cm³/mol. The number of carbonyl (C=O) groups is 1. The molecule has 1 aromatic carbocycles. The summed E-state index contributed by atoms with van der Waals surface area (Å²) in [6.07, 6.45) is 1.48. The van der Waals surface area contributed by atoms with Crippen molar-refractivity contribution in [3.05, 3.63) is 40.4 Å². The van der Waals surface area contributed by atoms with Gasteiger partial charge in [-0.25, -0.2) is 13.3 Å². The maximum Gasteiger partial charge on any atom is 0.283 e. The van der Waals surface area contributed by atoms with Crippen LogP contribution < -0.4 is 0 Å². The molecule has 2 heterocycles. The van der Waals surface area contributed by atoms with Gasteiger partial charge in [-0.15, -0.1) is 0 Å². The van der Waals surface area contributed by atoms with Crippen molar-refractivity contribution in [2.75, 3.05) is 5.75 Å². The van der Waals surface area contributed by atoms with Crippen LogP contribution in [0.15, 0.2) is 39.2 Å². The van der Waals surface area contributed by atoms with Crippen LogP contribution in [0, 0.1) is 11.3 Å². The highest BCUT2D eigenvalue weighted by molar-refractivity contribution is 8.16. The zero-order valence-corrected chi connectivity index (χ0v) is 16.3. The van der Waals surface area contributed by atoms with Crippen molar-refractivity contribution in [1.29, 1.82) is 5.41 Å². The second kappa shape index (κ2) is 6.98. The summed E-state index contributed by atoms with van der Waals surface area (Å²) >= 11 is 6.63. The maximum atomic E-state index is 12.6. The van der Waals surface area contributed by atoms with Gasteiger partial charge in [0.25, 0.3) is 5.91 Å². The Morgan fingerprint density at radius 3 is 2.58 bits per heavy atom. The third-order valence-corrected chi connectivity index (χ3v) is 6.51. The Labute approximate surface area is 160 Å². The fourth-order valence-corrected chi connectivity index (χ4v) is 5.30. The SMILES string of the molecule is CC(C)CS(=O)(=O)C1=NSC2=NC(=O)/C(=C\c3ccc(Cl)cc3)C(=N)N21. The van der Waals surface area contributed by atoms with E-state index in [1.807, 2.05) is 0 Å². The van der Waals surface area contributed by atoms with Crippen LogP contribution in [0.25, 0.3) is 6.08 Å². The Balaban J connectivity index is 2.00. The zero-order chi connectivity index (χ0) is 19.1. The van der Waals surface area contributed by atoms with E-state index >= 15 is 0 Å². The van der Waals surface area contributed by atoms with E-state index < -0.39 is 15.7 Å². The number of sulfone groups is 1. The van der Waals surface area contributed by atoms with E-state index in [0.717, 1.165) is 16.8 Å². The number of amidine groups is 3. The summed E-state index contributed by atoms with van der Waals surface area (Å²) in [4.78, 5) is 17.3. The Hall–Kier alpha value is -1.97. The van der Waals surface area contributed by atoms with Crippen LogP contribution in [0.1, 0.15) is 19.4 Å². The smallest absolute Gasteiger partial charge is 0.283 e. The maximum absolute atomic E-state index is 12.6. The van der Waals surface area contributed by atoms with Crippen LogP contribution in [0.3, 0.4) is 0 Å². The summed E-state index contributed by atoms with van der Waals surface area (Å²) in [5.74, 6) is -1.07. The minimum absolute atomic E-state index is 0.00832. The molecule has 0 aromatic heterocycles. The molecule has 1 N–H and O–H groups in total. The van der Waals surface area contributed by atoms with Crippen molar-refractivity contribution in [2.24, 2.45) is 15.3 Å². The number of aliphatic imine (C=N–C) groups is 1. The molecule has 0 fully saturated rings. The van der Waals surface area contributed by atoms with Gasteiger partial charge in [-0.3, -0.25) is 10.2 Å². The predicted octanol–water partition coefficient (Wildman–Crippen LogP) is 2.99. The number of hydrogen-bond acceptors (Lipinski definition) is 6. The van der Waals surface area contributed by atoms with E-state index in [4.69, 9.17) is 17.0 Å². The van der Waals surface area contributed by atoms with Gasteiger partial charge in [-0.1, -0.05) is 37.6 Å². The number of nitrogens with zero attached hydrogens (tertiary/aromatic N) is 3. The van der Waals surface area contributed by atoms with Gasteiger partial charge < -0.3 is 0 Å². The summed E-state index contributed by atoms with van der Waals surface area (Å²) in [5.41, 5.74) is 0.641. The molecule has 0 atom stereocenters. The molecule has 1 amide bonds. The van der Waals surface area contributed by atoms with Crippen molar-refractivity contribution in [3.63, 3.8) is 0 Å². The second-order valence-electron chi connectivity index (χ2n) is 6.13. The first-order chi connectivity index (χ1) is 12.2. The minimum atomic E-state index is -3.70. The topological polar surface area (TPSA) is 103 Å².